The summed E-state index contributed by atoms with van der Waals surface area (Å²) in [4.78, 5) is 40.7. The summed E-state index contributed by atoms with van der Waals surface area (Å²) in [5.41, 5.74) is 6.14. The molecule has 2 bridgehead atoms. The lowest BCUT2D eigenvalue weighted by Gasteiger charge is -2.32. The van der Waals surface area contributed by atoms with Crippen LogP contribution < -0.4 is 16.0 Å². The smallest absolute Gasteiger partial charge is 0.343 e. The average molecular weight is 399 g/mol. The molecule has 1 aromatic carbocycles. The highest BCUT2D eigenvalue weighted by Gasteiger charge is 2.42. The standard InChI is InChI=1S/C21H25N3O5/c1-2-27-28-13-16-17(29-19(26)15-6-4-3-5-7-15)18(25)24-12-14-8-10-21(22,11-9-14)20(24)23-16/h3-7,14H,2,8-13,22H2,1H3. The first kappa shape index (κ1) is 19.8. The van der Waals surface area contributed by atoms with E-state index in [9.17, 15) is 9.59 Å². The van der Waals surface area contributed by atoms with Crippen LogP contribution in [0.1, 0.15) is 54.5 Å². The van der Waals surface area contributed by atoms with Gasteiger partial charge in [0.1, 0.15) is 18.1 Å². The maximum Gasteiger partial charge on any atom is 0.343 e. The number of rotatable bonds is 6. The molecule has 3 aliphatic rings. The SMILES string of the molecule is CCOOCc1nc2n(c(=O)c1OC(=O)c1ccccc1)CC1CCC2(N)CC1. The van der Waals surface area contributed by atoms with E-state index in [0.29, 0.717) is 30.5 Å². The minimum atomic E-state index is -0.658. The van der Waals surface area contributed by atoms with Crippen LogP contribution in [0, 0.1) is 5.92 Å². The van der Waals surface area contributed by atoms with Crippen LogP contribution in [0.25, 0.3) is 0 Å². The van der Waals surface area contributed by atoms with Gasteiger partial charge in [0.15, 0.2) is 0 Å². The van der Waals surface area contributed by atoms with Crippen molar-refractivity contribution in [2.45, 2.75) is 51.3 Å². The van der Waals surface area contributed by atoms with E-state index in [1.165, 1.54) is 0 Å². The van der Waals surface area contributed by atoms with Gasteiger partial charge in [-0.15, -0.1) is 0 Å². The summed E-state index contributed by atoms with van der Waals surface area (Å²) in [6.07, 6.45) is 3.45. The van der Waals surface area contributed by atoms with Crippen molar-refractivity contribution in [2.75, 3.05) is 6.61 Å². The van der Waals surface area contributed by atoms with Gasteiger partial charge in [-0.25, -0.2) is 19.6 Å². The van der Waals surface area contributed by atoms with Crippen molar-refractivity contribution in [1.29, 1.82) is 0 Å². The van der Waals surface area contributed by atoms with E-state index in [4.69, 9.17) is 20.2 Å². The molecule has 1 fully saturated rings. The van der Waals surface area contributed by atoms with Crippen LogP contribution in [0.2, 0.25) is 0 Å². The normalized spacial score (nSPS) is 22.8. The van der Waals surface area contributed by atoms with E-state index in [1.54, 1.807) is 41.8 Å². The molecule has 1 saturated carbocycles. The maximum absolute atomic E-state index is 13.3. The Balaban J connectivity index is 1.77. The van der Waals surface area contributed by atoms with Crippen LogP contribution in [-0.2, 0) is 28.5 Å². The largest absolute Gasteiger partial charge is 0.415 e. The van der Waals surface area contributed by atoms with Crippen LogP contribution in [0.15, 0.2) is 35.1 Å². The van der Waals surface area contributed by atoms with Crippen molar-refractivity contribution in [3.63, 3.8) is 0 Å². The summed E-state index contributed by atoms with van der Waals surface area (Å²) in [6, 6.07) is 8.51. The quantitative estimate of drug-likeness (QED) is 0.344. The zero-order valence-electron chi connectivity index (χ0n) is 16.4. The summed E-state index contributed by atoms with van der Waals surface area (Å²) in [5, 5.41) is 0. The van der Waals surface area contributed by atoms with Crippen LogP contribution in [0.4, 0.5) is 0 Å². The summed E-state index contributed by atoms with van der Waals surface area (Å²) >= 11 is 0. The van der Waals surface area contributed by atoms with E-state index in [0.717, 1.165) is 25.7 Å². The predicted molar refractivity (Wildman–Crippen MR) is 104 cm³/mol. The van der Waals surface area contributed by atoms with Gasteiger partial charge in [-0.1, -0.05) is 18.2 Å². The van der Waals surface area contributed by atoms with Gasteiger partial charge < -0.3 is 10.5 Å². The molecule has 2 N–H and O–H groups in total. The number of ether oxygens (including phenoxy) is 1. The molecule has 1 aliphatic carbocycles. The predicted octanol–water partition coefficient (Wildman–Crippen LogP) is 2.29. The van der Waals surface area contributed by atoms with Crippen molar-refractivity contribution < 1.29 is 19.3 Å². The molecule has 0 spiro atoms. The number of benzene rings is 1. The molecular weight excluding hydrogens is 374 g/mol. The topological polar surface area (TPSA) is 106 Å². The molecule has 0 radical (unpaired) electrons. The van der Waals surface area contributed by atoms with Gasteiger partial charge >= 0.3 is 5.97 Å². The van der Waals surface area contributed by atoms with Gasteiger partial charge in [0, 0.05) is 6.54 Å². The molecule has 0 unspecified atom stereocenters. The molecule has 1 aromatic heterocycles. The van der Waals surface area contributed by atoms with Crippen LogP contribution in [0.3, 0.4) is 0 Å². The van der Waals surface area contributed by atoms with Gasteiger partial charge in [-0.2, -0.15) is 0 Å². The second-order valence-electron chi connectivity index (χ2n) is 7.65. The van der Waals surface area contributed by atoms with Crippen LogP contribution in [-0.4, -0.2) is 22.1 Å². The highest BCUT2D eigenvalue weighted by molar-refractivity contribution is 5.91. The van der Waals surface area contributed by atoms with E-state index < -0.39 is 17.1 Å². The summed E-state index contributed by atoms with van der Waals surface area (Å²) in [6.45, 7) is 2.53. The number of nitrogens with two attached hydrogens (primary N) is 1. The lowest BCUT2D eigenvalue weighted by molar-refractivity contribution is -0.301. The molecule has 2 aromatic rings. The van der Waals surface area contributed by atoms with Gasteiger partial charge in [-0.05, 0) is 50.7 Å². The van der Waals surface area contributed by atoms with E-state index in [1.807, 2.05) is 0 Å². The zero-order valence-corrected chi connectivity index (χ0v) is 16.4. The van der Waals surface area contributed by atoms with E-state index >= 15 is 0 Å². The Hall–Kier alpha value is -2.55. The van der Waals surface area contributed by atoms with Crippen molar-refractivity contribution in [2.24, 2.45) is 11.7 Å². The first-order chi connectivity index (χ1) is 14.0. The van der Waals surface area contributed by atoms with Crippen molar-refractivity contribution >= 4 is 5.97 Å². The molecule has 29 heavy (non-hydrogen) atoms. The number of esters is 1. The van der Waals surface area contributed by atoms with Crippen molar-refractivity contribution in [3.05, 3.63) is 57.8 Å². The molecular formula is C21H25N3O5. The fourth-order valence-electron chi connectivity index (χ4n) is 4.09. The van der Waals surface area contributed by atoms with Gasteiger partial charge in [0.25, 0.3) is 5.56 Å². The number of hydrogen-bond acceptors (Lipinski definition) is 7. The fraction of sp³-hybridized carbons (Fsp3) is 0.476. The maximum atomic E-state index is 13.3. The van der Waals surface area contributed by atoms with E-state index in [2.05, 4.69) is 4.98 Å². The van der Waals surface area contributed by atoms with E-state index in [-0.39, 0.29) is 18.1 Å². The third kappa shape index (κ3) is 3.83. The number of hydrogen-bond donors (Lipinski definition) is 1. The molecule has 2 aliphatic heterocycles. The second-order valence-corrected chi connectivity index (χ2v) is 7.65. The summed E-state index contributed by atoms with van der Waals surface area (Å²) in [7, 11) is 0. The van der Waals surface area contributed by atoms with Gasteiger partial charge in [0.2, 0.25) is 5.75 Å². The van der Waals surface area contributed by atoms with Gasteiger partial charge in [0.05, 0.1) is 17.7 Å². The Morgan fingerprint density at radius 1 is 1.24 bits per heavy atom. The Labute approximate surface area is 168 Å². The highest BCUT2D eigenvalue weighted by Crippen LogP contribution is 2.41. The fourth-order valence-corrected chi connectivity index (χ4v) is 4.09. The number of aromatic nitrogens is 2. The molecule has 154 valence electrons. The summed E-state index contributed by atoms with van der Waals surface area (Å²) < 4.78 is 7.10. The molecule has 5 rings (SSSR count). The van der Waals surface area contributed by atoms with Crippen LogP contribution >= 0.6 is 0 Å². The number of nitrogens with zero attached hydrogens (tertiary/aromatic N) is 2. The number of carbonyl (C=O) groups excluding carboxylic acids is 1. The first-order valence-electron chi connectivity index (χ1n) is 9.96. The minimum Gasteiger partial charge on any atom is -0.415 e. The minimum absolute atomic E-state index is 0.117. The highest BCUT2D eigenvalue weighted by atomic mass is 17.2. The second kappa shape index (κ2) is 8.06. The van der Waals surface area contributed by atoms with Crippen molar-refractivity contribution in [3.8, 4) is 5.75 Å². The molecule has 3 heterocycles. The Kier molecular flexibility index (Phi) is 5.49. The average Bonchev–Trinajstić information content (AvgIpc) is 2.96. The summed E-state index contributed by atoms with van der Waals surface area (Å²) in [5.74, 6) is 0.154. The Bertz CT molecular complexity index is 949. The van der Waals surface area contributed by atoms with Gasteiger partial charge in [-0.3, -0.25) is 9.36 Å². The Morgan fingerprint density at radius 3 is 2.66 bits per heavy atom. The molecule has 0 saturated heterocycles. The zero-order chi connectivity index (χ0) is 20.4. The molecule has 8 nitrogen and oxygen atoms in total. The first-order valence-corrected chi connectivity index (χ1v) is 9.96. The molecule has 0 amide bonds. The molecule has 8 heteroatoms. The number of carbonyl (C=O) groups is 1. The lowest BCUT2D eigenvalue weighted by atomic mass is 9.78. The van der Waals surface area contributed by atoms with Crippen molar-refractivity contribution in [1.82, 2.24) is 9.55 Å². The molecule has 0 atom stereocenters. The van der Waals surface area contributed by atoms with Crippen LogP contribution in [0.5, 0.6) is 5.75 Å². The lowest BCUT2D eigenvalue weighted by Crippen LogP contribution is -2.43. The Morgan fingerprint density at radius 2 is 1.97 bits per heavy atom. The monoisotopic (exact) mass is 399 g/mol. The third-order valence-corrected chi connectivity index (χ3v) is 5.68. The third-order valence-electron chi connectivity index (χ3n) is 5.68. The number of fused-ring (bicyclic) bond motifs is 2.